The van der Waals surface area contributed by atoms with E-state index >= 15 is 0 Å². The highest BCUT2D eigenvalue weighted by Crippen LogP contribution is 2.39. The second-order valence-electron chi connectivity index (χ2n) is 7.72. The average Bonchev–Trinajstić information content (AvgIpc) is 3.32. The molecule has 0 fully saturated rings. The molecule has 1 unspecified atom stereocenters. The minimum atomic E-state index is -4.66. The number of alkyl halides is 6. The molecule has 0 saturated carbocycles. The summed E-state index contributed by atoms with van der Waals surface area (Å²) < 4.78 is 89.3. The summed E-state index contributed by atoms with van der Waals surface area (Å²) in [5.41, 5.74) is 4.15. The van der Waals surface area contributed by atoms with Crippen LogP contribution in [0.5, 0.6) is 11.5 Å². The van der Waals surface area contributed by atoms with Gasteiger partial charge in [-0.05, 0) is 61.7 Å². The van der Waals surface area contributed by atoms with Crippen LogP contribution in [0.4, 0.5) is 26.3 Å². The number of aliphatic hydroxyl groups excluding tert-OH is 1. The Hall–Kier alpha value is -2.90. The van der Waals surface area contributed by atoms with Crippen LogP contribution in [0.25, 0.3) is 10.6 Å². The van der Waals surface area contributed by atoms with Gasteiger partial charge in [0.15, 0.2) is 0 Å². The van der Waals surface area contributed by atoms with Crippen molar-refractivity contribution < 1.29 is 40.9 Å². The van der Waals surface area contributed by atoms with Gasteiger partial charge < -0.3 is 20.3 Å². The summed E-state index contributed by atoms with van der Waals surface area (Å²) in [7, 11) is 0. The molecule has 3 rings (SSSR count). The van der Waals surface area contributed by atoms with Crippen LogP contribution in [0.1, 0.15) is 41.4 Å². The normalized spacial score (nSPS) is 13.0. The lowest BCUT2D eigenvalue weighted by Gasteiger charge is -2.15. The highest BCUT2D eigenvalue weighted by Gasteiger charge is 2.35. The zero-order valence-electron chi connectivity index (χ0n) is 18.8. The van der Waals surface area contributed by atoms with Crippen molar-refractivity contribution in [1.29, 1.82) is 0 Å². The second kappa shape index (κ2) is 11.9. The van der Waals surface area contributed by atoms with E-state index in [0.717, 1.165) is 29.5 Å². The maximum Gasteiger partial charge on any atom is 0.419 e. The Labute approximate surface area is 206 Å². The van der Waals surface area contributed by atoms with Gasteiger partial charge >= 0.3 is 12.4 Å². The third-order valence-corrected chi connectivity index (χ3v) is 6.09. The summed E-state index contributed by atoms with van der Waals surface area (Å²) in [5, 5.41) is 17.3. The number of hydrogen-bond acceptors (Lipinski definition) is 7. The van der Waals surface area contributed by atoms with E-state index in [1.54, 1.807) is 0 Å². The Kier molecular flexibility index (Phi) is 9.14. The average molecular weight is 536 g/mol. The first kappa shape index (κ1) is 27.7. The fourth-order valence-corrected chi connectivity index (χ4v) is 3.91. The number of aromatic nitrogens is 2. The fraction of sp³-hybridized carbons (Fsp3) is 0.391. The first-order valence-electron chi connectivity index (χ1n) is 10.8. The number of ether oxygens (including phenoxy) is 2. The van der Waals surface area contributed by atoms with Gasteiger partial charge in [-0.15, -0.1) is 10.2 Å². The molecule has 0 aliphatic rings. The van der Waals surface area contributed by atoms with E-state index in [0.29, 0.717) is 30.0 Å². The molecule has 0 radical (unpaired) electrons. The number of halogens is 6. The molecule has 36 heavy (non-hydrogen) atoms. The molecule has 6 nitrogen and oxygen atoms in total. The van der Waals surface area contributed by atoms with Crippen LogP contribution in [0.3, 0.4) is 0 Å². The number of benzene rings is 2. The van der Waals surface area contributed by atoms with Gasteiger partial charge in [0.25, 0.3) is 0 Å². The zero-order valence-corrected chi connectivity index (χ0v) is 19.6. The minimum Gasteiger partial charge on any atom is -0.494 e. The summed E-state index contributed by atoms with van der Waals surface area (Å²) >= 11 is 0.996. The Morgan fingerprint density at radius 1 is 0.861 bits per heavy atom. The van der Waals surface area contributed by atoms with Crippen molar-refractivity contribution >= 4 is 11.3 Å². The molecular weight excluding hydrogens is 512 g/mol. The smallest absolute Gasteiger partial charge is 0.419 e. The van der Waals surface area contributed by atoms with E-state index in [4.69, 9.17) is 20.3 Å². The van der Waals surface area contributed by atoms with Crippen LogP contribution >= 0.6 is 11.3 Å². The molecule has 0 aliphatic heterocycles. The van der Waals surface area contributed by atoms with Gasteiger partial charge in [0, 0.05) is 5.56 Å². The van der Waals surface area contributed by atoms with Gasteiger partial charge in [-0.2, -0.15) is 26.3 Å². The highest BCUT2D eigenvalue weighted by atomic mass is 32.1. The molecule has 1 aromatic heterocycles. The van der Waals surface area contributed by atoms with E-state index in [1.165, 1.54) is 24.3 Å². The molecule has 13 heteroatoms. The van der Waals surface area contributed by atoms with Gasteiger partial charge in [0.1, 0.15) is 21.5 Å². The summed E-state index contributed by atoms with van der Waals surface area (Å²) in [6, 6.07) is 7.16. The van der Waals surface area contributed by atoms with Crippen molar-refractivity contribution in [1.82, 2.24) is 10.2 Å². The molecule has 0 aliphatic carbocycles. The van der Waals surface area contributed by atoms with E-state index in [9.17, 15) is 26.3 Å². The van der Waals surface area contributed by atoms with Crippen LogP contribution < -0.4 is 15.2 Å². The Morgan fingerprint density at radius 3 is 2.14 bits per heavy atom. The summed E-state index contributed by atoms with van der Waals surface area (Å²) in [4.78, 5) is 0. The molecule has 1 atom stereocenters. The van der Waals surface area contributed by atoms with E-state index < -0.39 is 29.5 Å². The van der Waals surface area contributed by atoms with E-state index in [-0.39, 0.29) is 36.1 Å². The SMILES string of the molecule is NC(CO)c1nnc(-c2ccc(OCCCCCOc3ccc(C(F)(F)F)cc3)c(C(F)(F)F)c2)s1. The van der Waals surface area contributed by atoms with Gasteiger partial charge in [0.2, 0.25) is 0 Å². The van der Waals surface area contributed by atoms with Crippen molar-refractivity contribution in [3.8, 4) is 22.1 Å². The van der Waals surface area contributed by atoms with Crippen molar-refractivity contribution in [2.75, 3.05) is 19.8 Å². The number of nitrogens with two attached hydrogens (primary N) is 1. The zero-order chi connectivity index (χ0) is 26.3. The molecule has 0 saturated heterocycles. The predicted molar refractivity (Wildman–Crippen MR) is 121 cm³/mol. The lowest BCUT2D eigenvalue weighted by Crippen LogP contribution is -2.13. The van der Waals surface area contributed by atoms with Gasteiger partial charge in [-0.1, -0.05) is 11.3 Å². The molecule has 2 aromatic carbocycles. The highest BCUT2D eigenvalue weighted by molar-refractivity contribution is 7.14. The van der Waals surface area contributed by atoms with Crippen molar-refractivity contribution in [3.05, 3.63) is 58.6 Å². The van der Waals surface area contributed by atoms with Crippen LogP contribution in [0, 0.1) is 0 Å². The number of aliphatic hydroxyl groups is 1. The maximum atomic E-state index is 13.6. The molecule has 0 amide bonds. The number of nitrogens with zero attached hydrogens (tertiary/aromatic N) is 2. The molecule has 3 N–H and O–H groups in total. The molecular formula is C23H23F6N3O3S. The number of hydrogen-bond donors (Lipinski definition) is 2. The van der Waals surface area contributed by atoms with Crippen molar-refractivity contribution in [2.24, 2.45) is 5.73 Å². The number of rotatable bonds is 11. The maximum absolute atomic E-state index is 13.6. The minimum absolute atomic E-state index is 0.0387. The summed E-state index contributed by atoms with van der Waals surface area (Å²) in [5.74, 6) is -0.0147. The molecule has 0 spiro atoms. The first-order chi connectivity index (χ1) is 17.0. The van der Waals surface area contributed by atoms with Gasteiger partial charge in [0.05, 0.1) is 37.0 Å². The van der Waals surface area contributed by atoms with E-state index in [2.05, 4.69) is 10.2 Å². The van der Waals surface area contributed by atoms with Crippen LogP contribution in [0.2, 0.25) is 0 Å². The summed E-state index contributed by atoms with van der Waals surface area (Å²) in [6.07, 6.45) is -7.49. The van der Waals surface area contributed by atoms with Crippen molar-refractivity contribution in [2.45, 2.75) is 37.7 Å². The van der Waals surface area contributed by atoms with Crippen LogP contribution in [0.15, 0.2) is 42.5 Å². The molecule has 196 valence electrons. The fourth-order valence-electron chi connectivity index (χ4n) is 3.08. The third-order valence-electron chi connectivity index (χ3n) is 4.98. The van der Waals surface area contributed by atoms with Crippen LogP contribution in [-0.4, -0.2) is 35.1 Å². The molecule has 3 aromatic rings. The third kappa shape index (κ3) is 7.55. The van der Waals surface area contributed by atoms with E-state index in [1.807, 2.05) is 0 Å². The quantitative estimate of drug-likeness (QED) is 0.236. The molecule has 1 heterocycles. The summed E-state index contributed by atoms with van der Waals surface area (Å²) in [6.45, 7) is -0.0783. The molecule has 0 bridgehead atoms. The van der Waals surface area contributed by atoms with Gasteiger partial charge in [-0.3, -0.25) is 0 Å². The first-order valence-corrected chi connectivity index (χ1v) is 11.6. The Bertz CT molecular complexity index is 1120. The van der Waals surface area contributed by atoms with Crippen LogP contribution in [-0.2, 0) is 12.4 Å². The van der Waals surface area contributed by atoms with Gasteiger partial charge in [-0.25, -0.2) is 0 Å². The lowest BCUT2D eigenvalue weighted by atomic mass is 10.1. The Balaban J connectivity index is 1.49. The monoisotopic (exact) mass is 535 g/mol. The van der Waals surface area contributed by atoms with Crippen molar-refractivity contribution in [3.63, 3.8) is 0 Å². The predicted octanol–water partition coefficient (Wildman–Crippen LogP) is 5.86. The second-order valence-corrected chi connectivity index (χ2v) is 8.73. The lowest BCUT2D eigenvalue weighted by molar-refractivity contribution is -0.139. The Morgan fingerprint density at radius 2 is 1.53 bits per heavy atom. The number of unbranched alkanes of at least 4 members (excludes halogenated alkanes) is 2. The largest absolute Gasteiger partial charge is 0.494 e. The standard InChI is InChI=1S/C23H23F6N3O3S/c24-22(25,26)15-5-7-16(8-6-15)34-10-2-1-3-11-35-19-9-4-14(12-17(19)23(27,28)29)20-31-32-21(36-20)18(30)13-33/h4-9,12,18,33H,1-3,10-11,13,30H2. The topological polar surface area (TPSA) is 90.5 Å².